The van der Waals surface area contributed by atoms with Crippen molar-refractivity contribution in [2.75, 3.05) is 10.6 Å². The third kappa shape index (κ3) is 4.14. The fourth-order valence-corrected chi connectivity index (χ4v) is 2.79. The summed E-state index contributed by atoms with van der Waals surface area (Å²) in [7, 11) is 0. The molecule has 0 aliphatic rings. The molecule has 0 saturated carbocycles. The van der Waals surface area contributed by atoms with Gasteiger partial charge in [-0.1, -0.05) is 38.1 Å². The van der Waals surface area contributed by atoms with E-state index in [4.69, 9.17) is 0 Å². The van der Waals surface area contributed by atoms with E-state index in [-0.39, 0.29) is 17.6 Å². The van der Waals surface area contributed by atoms with Gasteiger partial charge in [0.2, 0.25) is 5.95 Å². The Balaban J connectivity index is 1.87. The lowest BCUT2D eigenvalue weighted by molar-refractivity contribution is 0.102. The average molecular weight is 382 g/mol. The largest absolute Gasteiger partial charge is 0.324 e. The van der Waals surface area contributed by atoms with Gasteiger partial charge in [0.25, 0.3) is 5.91 Å². The number of aryl methyl sites for hydroxylation is 1. The van der Waals surface area contributed by atoms with Crippen molar-refractivity contribution < 1.29 is 13.6 Å². The van der Waals surface area contributed by atoms with Gasteiger partial charge >= 0.3 is 0 Å². The Bertz CT molecular complexity index is 1000. The zero-order chi connectivity index (χ0) is 20.3. The molecule has 1 heterocycles. The van der Waals surface area contributed by atoms with Crippen LogP contribution in [-0.2, 0) is 0 Å². The van der Waals surface area contributed by atoms with Crippen molar-refractivity contribution >= 4 is 23.2 Å². The molecule has 1 aromatic heterocycles. The maximum atomic E-state index is 13.8. The SMILES string of the molecule is Cc1cccc(C(C)C)c1Nc1nccc(C(=O)Nc2c(F)cccc2F)n1. The number of nitrogens with one attached hydrogen (secondary N) is 2. The molecule has 0 aliphatic heterocycles. The fraction of sp³-hybridized carbons (Fsp3) is 0.190. The predicted octanol–water partition coefficient (Wildman–Crippen LogP) is 5.18. The molecule has 0 spiro atoms. The first-order chi connectivity index (χ1) is 13.4. The topological polar surface area (TPSA) is 66.9 Å². The molecule has 0 saturated heterocycles. The minimum atomic E-state index is -0.859. The molecule has 0 fully saturated rings. The van der Waals surface area contributed by atoms with Crippen molar-refractivity contribution in [2.24, 2.45) is 0 Å². The van der Waals surface area contributed by atoms with Crippen molar-refractivity contribution in [3.05, 3.63) is 77.1 Å². The van der Waals surface area contributed by atoms with Gasteiger partial charge in [-0.3, -0.25) is 4.79 Å². The maximum absolute atomic E-state index is 13.8. The number of hydrogen-bond acceptors (Lipinski definition) is 4. The van der Waals surface area contributed by atoms with Crippen molar-refractivity contribution in [2.45, 2.75) is 26.7 Å². The van der Waals surface area contributed by atoms with Crippen molar-refractivity contribution in [1.82, 2.24) is 9.97 Å². The first-order valence-corrected chi connectivity index (χ1v) is 8.81. The first-order valence-electron chi connectivity index (χ1n) is 8.81. The van der Waals surface area contributed by atoms with Gasteiger partial charge in [-0.2, -0.15) is 0 Å². The number of hydrogen-bond donors (Lipinski definition) is 2. The molecular formula is C21H20F2N4O. The minimum absolute atomic E-state index is 0.0140. The smallest absolute Gasteiger partial charge is 0.274 e. The second-order valence-corrected chi connectivity index (χ2v) is 6.64. The summed E-state index contributed by atoms with van der Waals surface area (Å²) in [6.07, 6.45) is 1.41. The Morgan fingerprint density at radius 1 is 1.00 bits per heavy atom. The zero-order valence-corrected chi connectivity index (χ0v) is 15.8. The molecule has 1 amide bonds. The van der Waals surface area contributed by atoms with Gasteiger partial charge in [0, 0.05) is 11.9 Å². The van der Waals surface area contributed by atoms with Crippen LogP contribution in [0.1, 0.15) is 41.4 Å². The summed E-state index contributed by atoms with van der Waals surface area (Å²) in [6.45, 7) is 6.12. The lowest BCUT2D eigenvalue weighted by Crippen LogP contribution is -2.17. The van der Waals surface area contributed by atoms with Crippen LogP contribution in [0.3, 0.4) is 0 Å². The van der Waals surface area contributed by atoms with Gasteiger partial charge < -0.3 is 10.6 Å². The Morgan fingerprint density at radius 3 is 2.36 bits per heavy atom. The van der Waals surface area contributed by atoms with E-state index in [9.17, 15) is 13.6 Å². The van der Waals surface area contributed by atoms with E-state index in [1.807, 2.05) is 25.1 Å². The van der Waals surface area contributed by atoms with E-state index in [0.29, 0.717) is 0 Å². The highest BCUT2D eigenvalue weighted by Crippen LogP contribution is 2.29. The maximum Gasteiger partial charge on any atom is 0.274 e. The first kappa shape index (κ1) is 19.4. The monoisotopic (exact) mass is 382 g/mol. The highest BCUT2D eigenvalue weighted by Gasteiger charge is 2.16. The number of carbonyl (C=O) groups is 1. The van der Waals surface area contributed by atoms with E-state index in [0.717, 1.165) is 28.9 Å². The number of amides is 1. The molecule has 3 aromatic rings. The predicted molar refractivity (Wildman–Crippen MR) is 105 cm³/mol. The normalized spacial score (nSPS) is 10.8. The van der Waals surface area contributed by atoms with Crippen LogP contribution in [0.15, 0.2) is 48.7 Å². The molecule has 28 heavy (non-hydrogen) atoms. The molecule has 5 nitrogen and oxygen atoms in total. The second kappa shape index (κ2) is 8.12. The van der Waals surface area contributed by atoms with E-state index in [2.05, 4.69) is 34.4 Å². The summed E-state index contributed by atoms with van der Waals surface area (Å²) in [5, 5.41) is 5.37. The summed E-state index contributed by atoms with van der Waals surface area (Å²) < 4.78 is 27.5. The summed E-state index contributed by atoms with van der Waals surface area (Å²) in [4.78, 5) is 20.7. The Hall–Kier alpha value is -3.35. The molecule has 2 N–H and O–H groups in total. The Kier molecular flexibility index (Phi) is 5.63. The van der Waals surface area contributed by atoms with Gasteiger partial charge in [-0.15, -0.1) is 0 Å². The second-order valence-electron chi connectivity index (χ2n) is 6.64. The summed E-state index contributed by atoms with van der Waals surface area (Å²) in [6, 6.07) is 10.7. The fourth-order valence-electron chi connectivity index (χ4n) is 2.79. The van der Waals surface area contributed by atoms with Gasteiger partial charge in [-0.25, -0.2) is 18.7 Å². The molecule has 0 unspecified atom stereocenters. The van der Waals surface area contributed by atoms with Crippen LogP contribution in [0.2, 0.25) is 0 Å². The molecule has 0 atom stereocenters. The highest BCUT2D eigenvalue weighted by molar-refractivity contribution is 6.03. The third-order valence-corrected chi connectivity index (χ3v) is 4.25. The molecule has 0 bridgehead atoms. The lowest BCUT2D eigenvalue weighted by Gasteiger charge is -2.16. The summed E-state index contributed by atoms with van der Waals surface area (Å²) in [5.41, 5.74) is 2.45. The molecule has 7 heteroatoms. The van der Waals surface area contributed by atoms with Crippen LogP contribution in [0.5, 0.6) is 0 Å². The minimum Gasteiger partial charge on any atom is -0.324 e. The van der Waals surface area contributed by atoms with Crippen LogP contribution >= 0.6 is 0 Å². The standard InChI is InChI=1S/C21H20F2N4O/c1-12(2)14-7-4-6-13(3)18(14)27-21-24-11-10-17(25-21)20(28)26-19-15(22)8-5-9-16(19)23/h4-12H,1-3H3,(H,26,28)(H,24,25,27). The van der Waals surface area contributed by atoms with Gasteiger partial charge in [0.15, 0.2) is 0 Å². The van der Waals surface area contributed by atoms with Crippen LogP contribution in [0.4, 0.5) is 26.1 Å². The quantitative estimate of drug-likeness (QED) is 0.638. The molecule has 0 radical (unpaired) electrons. The molecule has 2 aromatic carbocycles. The van der Waals surface area contributed by atoms with E-state index in [1.54, 1.807) is 0 Å². The number of nitrogens with zero attached hydrogens (tertiary/aromatic N) is 2. The molecule has 144 valence electrons. The van der Waals surface area contributed by atoms with Crippen LogP contribution in [0.25, 0.3) is 0 Å². The van der Waals surface area contributed by atoms with Crippen molar-refractivity contribution in [1.29, 1.82) is 0 Å². The number of rotatable bonds is 5. The molecule has 3 rings (SSSR count). The number of aromatic nitrogens is 2. The Morgan fingerprint density at radius 2 is 1.68 bits per heavy atom. The summed E-state index contributed by atoms with van der Waals surface area (Å²) >= 11 is 0. The van der Waals surface area contributed by atoms with E-state index >= 15 is 0 Å². The number of para-hydroxylation sites is 2. The van der Waals surface area contributed by atoms with Gasteiger partial charge in [0.05, 0.1) is 0 Å². The Labute approximate surface area is 161 Å². The highest BCUT2D eigenvalue weighted by atomic mass is 19.1. The number of anilines is 3. The van der Waals surface area contributed by atoms with E-state index in [1.165, 1.54) is 18.3 Å². The number of carbonyl (C=O) groups excluding carboxylic acids is 1. The summed E-state index contributed by atoms with van der Waals surface area (Å²) in [5.74, 6) is -1.96. The third-order valence-electron chi connectivity index (χ3n) is 4.25. The lowest BCUT2D eigenvalue weighted by atomic mass is 9.98. The number of benzene rings is 2. The van der Waals surface area contributed by atoms with Crippen LogP contribution in [-0.4, -0.2) is 15.9 Å². The van der Waals surface area contributed by atoms with Crippen LogP contribution < -0.4 is 10.6 Å². The van der Waals surface area contributed by atoms with Crippen molar-refractivity contribution in [3.8, 4) is 0 Å². The molecular weight excluding hydrogens is 362 g/mol. The van der Waals surface area contributed by atoms with Gasteiger partial charge in [-0.05, 0) is 42.2 Å². The zero-order valence-electron chi connectivity index (χ0n) is 15.8. The molecule has 0 aliphatic carbocycles. The van der Waals surface area contributed by atoms with Gasteiger partial charge in [0.1, 0.15) is 23.0 Å². The average Bonchev–Trinajstić information content (AvgIpc) is 2.66. The van der Waals surface area contributed by atoms with Crippen LogP contribution in [0, 0.1) is 18.6 Å². The van der Waals surface area contributed by atoms with E-state index < -0.39 is 23.2 Å². The van der Waals surface area contributed by atoms with Crippen molar-refractivity contribution in [3.63, 3.8) is 0 Å². The number of halogens is 2.